The van der Waals surface area contributed by atoms with E-state index in [1.807, 2.05) is 30.3 Å². The third-order valence-corrected chi connectivity index (χ3v) is 4.90. The summed E-state index contributed by atoms with van der Waals surface area (Å²) in [6.45, 7) is 1.74. The number of rotatable bonds is 7. The van der Waals surface area contributed by atoms with Crippen LogP contribution in [0, 0.1) is 0 Å². The lowest BCUT2D eigenvalue weighted by atomic mass is 10.2. The first kappa shape index (κ1) is 18.4. The molecule has 0 saturated carbocycles. The van der Waals surface area contributed by atoms with Crippen molar-refractivity contribution < 1.29 is 14.1 Å². The van der Waals surface area contributed by atoms with Gasteiger partial charge in [0.2, 0.25) is 5.89 Å². The normalized spacial score (nSPS) is 16.6. The Hall–Kier alpha value is -3.00. The van der Waals surface area contributed by atoms with Crippen molar-refractivity contribution in [2.24, 2.45) is 7.05 Å². The third-order valence-electron chi connectivity index (χ3n) is 4.90. The molecule has 8 heteroatoms. The number of benzene rings is 1. The Bertz CT molecular complexity index is 921. The van der Waals surface area contributed by atoms with Crippen molar-refractivity contribution in [3.05, 3.63) is 65.6 Å². The van der Waals surface area contributed by atoms with Gasteiger partial charge in [-0.2, -0.15) is 10.1 Å². The molecule has 1 saturated heterocycles. The summed E-state index contributed by atoms with van der Waals surface area (Å²) in [6.07, 6.45) is 3.92. The van der Waals surface area contributed by atoms with Crippen LogP contribution >= 0.6 is 0 Å². The standard InChI is InChI=1S/C20H23N5O3/c1-24-17(9-11-21-24)20(26)25-12-5-8-16(25)19-22-18(23-28-19)10-13-27-14-15-6-3-2-4-7-15/h2-4,6-7,9,11,16H,5,8,10,12-14H2,1H3. The van der Waals surface area contributed by atoms with E-state index in [4.69, 9.17) is 9.26 Å². The minimum Gasteiger partial charge on any atom is -0.376 e. The van der Waals surface area contributed by atoms with E-state index in [2.05, 4.69) is 15.2 Å². The van der Waals surface area contributed by atoms with Gasteiger partial charge >= 0.3 is 0 Å². The molecule has 0 spiro atoms. The van der Waals surface area contributed by atoms with Crippen LogP contribution < -0.4 is 0 Å². The van der Waals surface area contributed by atoms with Crippen LogP contribution in [0.2, 0.25) is 0 Å². The van der Waals surface area contributed by atoms with Crippen molar-refractivity contribution in [1.82, 2.24) is 24.8 Å². The van der Waals surface area contributed by atoms with Crippen molar-refractivity contribution in [2.45, 2.75) is 31.9 Å². The zero-order valence-corrected chi connectivity index (χ0v) is 15.8. The Morgan fingerprint density at radius 1 is 1.29 bits per heavy atom. The fourth-order valence-corrected chi connectivity index (χ4v) is 3.43. The van der Waals surface area contributed by atoms with E-state index >= 15 is 0 Å². The van der Waals surface area contributed by atoms with Crippen LogP contribution in [-0.4, -0.2) is 43.9 Å². The summed E-state index contributed by atoms with van der Waals surface area (Å²) in [5.74, 6) is 1.03. The van der Waals surface area contributed by atoms with Crippen LogP contribution in [0.1, 0.15) is 46.7 Å². The van der Waals surface area contributed by atoms with E-state index in [9.17, 15) is 4.79 Å². The molecule has 1 fully saturated rings. The summed E-state index contributed by atoms with van der Waals surface area (Å²) in [4.78, 5) is 19.1. The summed E-state index contributed by atoms with van der Waals surface area (Å²) >= 11 is 0. The van der Waals surface area contributed by atoms with Gasteiger partial charge in [0.05, 0.1) is 13.2 Å². The number of ether oxygens (including phenoxy) is 1. The van der Waals surface area contributed by atoms with Crippen LogP contribution in [0.25, 0.3) is 0 Å². The molecule has 0 aliphatic carbocycles. The minimum absolute atomic E-state index is 0.0616. The molecule has 1 amide bonds. The molecule has 3 aromatic rings. The molecule has 0 bridgehead atoms. The maximum Gasteiger partial charge on any atom is 0.272 e. The molecule has 0 N–H and O–H groups in total. The van der Waals surface area contributed by atoms with E-state index in [1.54, 1.807) is 28.9 Å². The van der Waals surface area contributed by atoms with E-state index < -0.39 is 0 Å². The minimum atomic E-state index is -0.186. The molecule has 2 aromatic heterocycles. The van der Waals surface area contributed by atoms with Crippen LogP contribution in [0.5, 0.6) is 0 Å². The van der Waals surface area contributed by atoms with E-state index in [-0.39, 0.29) is 11.9 Å². The quantitative estimate of drug-likeness (QED) is 0.585. The highest BCUT2D eigenvalue weighted by atomic mass is 16.5. The molecule has 4 rings (SSSR count). The Kier molecular flexibility index (Phi) is 5.48. The highest BCUT2D eigenvalue weighted by Gasteiger charge is 2.35. The molecule has 1 unspecified atom stereocenters. The van der Waals surface area contributed by atoms with Gasteiger partial charge in [-0.25, -0.2) is 0 Å². The average Bonchev–Trinajstić information content (AvgIpc) is 3.46. The molecule has 0 radical (unpaired) electrons. The number of aryl methyl sites for hydroxylation is 1. The molecular formula is C20H23N5O3. The Morgan fingerprint density at radius 3 is 2.93 bits per heavy atom. The maximum absolute atomic E-state index is 12.8. The molecule has 146 valence electrons. The fourth-order valence-electron chi connectivity index (χ4n) is 3.43. The lowest BCUT2D eigenvalue weighted by Gasteiger charge is -2.21. The molecule has 1 aromatic carbocycles. The van der Waals surface area contributed by atoms with Crippen LogP contribution in [-0.2, 0) is 24.8 Å². The second-order valence-corrected chi connectivity index (χ2v) is 6.83. The summed E-state index contributed by atoms with van der Waals surface area (Å²) in [7, 11) is 1.76. The second-order valence-electron chi connectivity index (χ2n) is 6.83. The molecular weight excluding hydrogens is 358 g/mol. The van der Waals surface area contributed by atoms with Crippen molar-refractivity contribution in [3.8, 4) is 0 Å². The maximum atomic E-state index is 12.8. The largest absolute Gasteiger partial charge is 0.376 e. The van der Waals surface area contributed by atoms with Gasteiger partial charge < -0.3 is 14.2 Å². The molecule has 1 aliphatic heterocycles. The Balaban J connectivity index is 1.34. The van der Waals surface area contributed by atoms with Gasteiger partial charge in [-0.3, -0.25) is 9.48 Å². The van der Waals surface area contributed by atoms with Gasteiger partial charge in [0.1, 0.15) is 11.7 Å². The number of amides is 1. The van der Waals surface area contributed by atoms with Gasteiger partial charge in [0.15, 0.2) is 5.82 Å². The van der Waals surface area contributed by atoms with Crippen molar-refractivity contribution in [3.63, 3.8) is 0 Å². The number of carbonyl (C=O) groups is 1. The first-order chi connectivity index (χ1) is 13.7. The first-order valence-corrected chi connectivity index (χ1v) is 9.45. The number of hydrogen-bond donors (Lipinski definition) is 0. The van der Waals surface area contributed by atoms with E-state index in [0.717, 1.165) is 18.4 Å². The van der Waals surface area contributed by atoms with Gasteiger partial charge in [-0.1, -0.05) is 35.5 Å². The number of aromatic nitrogens is 4. The zero-order valence-electron chi connectivity index (χ0n) is 15.8. The SMILES string of the molecule is Cn1nccc1C(=O)N1CCCC1c1nc(CCOCc2ccccc2)no1. The Morgan fingerprint density at radius 2 is 2.14 bits per heavy atom. The number of hydrogen-bond acceptors (Lipinski definition) is 6. The molecule has 3 heterocycles. The van der Waals surface area contributed by atoms with Crippen molar-refractivity contribution >= 4 is 5.91 Å². The number of carbonyl (C=O) groups excluding carboxylic acids is 1. The van der Waals surface area contributed by atoms with Crippen LogP contribution in [0.15, 0.2) is 47.1 Å². The lowest BCUT2D eigenvalue weighted by molar-refractivity contribution is 0.0699. The van der Waals surface area contributed by atoms with E-state index in [1.165, 1.54) is 0 Å². The topological polar surface area (TPSA) is 86.3 Å². The zero-order chi connectivity index (χ0) is 19.3. The predicted molar refractivity (Wildman–Crippen MR) is 100 cm³/mol. The van der Waals surface area contributed by atoms with Crippen molar-refractivity contribution in [2.75, 3.05) is 13.2 Å². The first-order valence-electron chi connectivity index (χ1n) is 9.45. The summed E-state index contributed by atoms with van der Waals surface area (Å²) in [5, 5.41) is 8.14. The highest BCUT2D eigenvalue weighted by molar-refractivity contribution is 5.92. The molecule has 1 aliphatic rings. The van der Waals surface area contributed by atoms with E-state index in [0.29, 0.717) is 43.6 Å². The lowest BCUT2D eigenvalue weighted by Crippen LogP contribution is -2.32. The fraction of sp³-hybridized carbons (Fsp3) is 0.400. The van der Waals surface area contributed by atoms with Crippen molar-refractivity contribution in [1.29, 1.82) is 0 Å². The summed E-state index contributed by atoms with van der Waals surface area (Å²) in [5.41, 5.74) is 1.69. The van der Waals surface area contributed by atoms with Gasteiger partial charge in [0.25, 0.3) is 5.91 Å². The third kappa shape index (κ3) is 3.96. The molecule has 28 heavy (non-hydrogen) atoms. The summed E-state index contributed by atoms with van der Waals surface area (Å²) < 4.78 is 12.7. The monoisotopic (exact) mass is 381 g/mol. The number of likely N-dealkylation sites (tertiary alicyclic amines) is 1. The van der Waals surface area contributed by atoms with Gasteiger partial charge in [0, 0.05) is 26.2 Å². The highest BCUT2D eigenvalue weighted by Crippen LogP contribution is 2.32. The van der Waals surface area contributed by atoms with Gasteiger partial charge in [-0.15, -0.1) is 0 Å². The van der Waals surface area contributed by atoms with Crippen LogP contribution in [0.3, 0.4) is 0 Å². The average molecular weight is 381 g/mol. The van der Waals surface area contributed by atoms with Crippen LogP contribution in [0.4, 0.5) is 0 Å². The van der Waals surface area contributed by atoms with Gasteiger partial charge in [-0.05, 0) is 24.5 Å². The molecule has 1 atom stereocenters. The smallest absolute Gasteiger partial charge is 0.272 e. The summed E-state index contributed by atoms with van der Waals surface area (Å²) in [6, 6.07) is 11.6. The Labute approximate surface area is 163 Å². The predicted octanol–water partition coefficient (Wildman–Crippen LogP) is 2.54. The second kappa shape index (κ2) is 8.35. The number of nitrogens with zero attached hydrogens (tertiary/aromatic N) is 5. The molecule has 8 nitrogen and oxygen atoms in total.